The Balaban J connectivity index is 1.56. The normalized spacial score (nSPS) is 35.2. The van der Waals surface area contributed by atoms with Gasteiger partial charge in [0.1, 0.15) is 0 Å². The number of anilines is 1. The fourth-order valence-electron chi connectivity index (χ4n) is 5.11. The topological polar surface area (TPSA) is 74.7 Å². The average Bonchev–Trinajstić information content (AvgIpc) is 3.13. The van der Waals surface area contributed by atoms with Gasteiger partial charge in [0.05, 0.1) is 23.1 Å². The molecule has 0 radical (unpaired) electrons. The summed E-state index contributed by atoms with van der Waals surface area (Å²) in [6.07, 6.45) is 6.47. The first kappa shape index (κ1) is 13.0. The number of aromatic carboxylic acids is 1. The standard InChI is InChI=1S/C18H15NO4/c20-15-13-11-4-5-12(18(11)6-7-18)14(13)16(21)19(15)10-3-1-2-9(8-10)17(22)23/h1-5,8,11-14H,6-7H2,(H,22,23)/t11-,12-,13+,14+/m1/s1. The highest BCUT2D eigenvalue weighted by Crippen LogP contribution is 2.73. The Morgan fingerprint density at radius 2 is 1.70 bits per heavy atom. The first-order valence-corrected chi connectivity index (χ1v) is 7.94. The van der Waals surface area contributed by atoms with E-state index in [0.717, 1.165) is 12.8 Å². The summed E-state index contributed by atoms with van der Waals surface area (Å²) in [4.78, 5) is 38.2. The van der Waals surface area contributed by atoms with Gasteiger partial charge in [-0.2, -0.15) is 0 Å². The van der Waals surface area contributed by atoms with E-state index < -0.39 is 5.97 Å². The molecule has 1 aromatic carbocycles. The van der Waals surface area contributed by atoms with Gasteiger partial charge in [0, 0.05) is 0 Å². The quantitative estimate of drug-likeness (QED) is 0.670. The number of benzene rings is 1. The molecule has 2 bridgehead atoms. The van der Waals surface area contributed by atoms with Gasteiger partial charge in [0.15, 0.2) is 0 Å². The van der Waals surface area contributed by atoms with E-state index in [9.17, 15) is 14.4 Å². The van der Waals surface area contributed by atoms with Crippen LogP contribution in [-0.2, 0) is 9.59 Å². The molecule has 116 valence electrons. The second-order valence-corrected chi connectivity index (χ2v) is 7.09. The van der Waals surface area contributed by atoms with Crippen LogP contribution in [0.4, 0.5) is 5.69 Å². The van der Waals surface area contributed by atoms with Crippen molar-refractivity contribution in [2.45, 2.75) is 12.8 Å². The van der Waals surface area contributed by atoms with Crippen LogP contribution in [-0.4, -0.2) is 22.9 Å². The number of amides is 2. The Hall–Kier alpha value is -2.43. The average molecular weight is 309 g/mol. The Labute approximate surface area is 132 Å². The highest BCUT2D eigenvalue weighted by atomic mass is 16.4. The largest absolute Gasteiger partial charge is 0.478 e. The molecule has 0 unspecified atom stereocenters. The van der Waals surface area contributed by atoms with Crippen LogP contribution in [0.2, 0.25) is 0 Å². The Morgan fingerprint density at radius 1 is 1.09 bits per heavy atom. The predicted octanol–water partition coefficient (Wildman–Crippen LogP) is 2.09. The monoisotopic (exact) mass is 309 g/mol. The zero-order chi connectivity index (χ0) is 15.9. The van der Waals surface area contributed by atoms with Crippen LogP contribution in [0, 0.1) is 29.1 Å². The lowest BCUT2D eigenvalue weighted by Gasteiger charge is -2.21. The second-order valence-electron chi connectivity index (χ2n) is 7.09. The van der Waals surface area contributed by atoms with Gasteiger partial charge in [0.2, 0.25) is 11.8 Å². The number of nitrogens with zero attached hydrogens (tertiary/aromatic N) is 1. The molecular formula is C18H15NO4. The van der Waals surface area contributed by atoms with Crippen molar-refractivity contribution in [2.24, 2.45) is 29.1 Å². The minimum Gasteiger partial charge on any atom is -0.478 e. The molecular weight excluding hydrogens is 294 g/mol. The molecule has 1 aliphatic heterocycles. The van der Waals surface area contributed by atoms with Gasteiger partial charge in [-0.05, 0) is 48.3 Å². The van der Waals surface area contributed by atoms with Crippen molar-refractivity contribution in [3.05, 3.63) is 42.0 Å². The van der Waals surface area contributed by atoms with Crippen LogP contribution >= 0.6 is 0 Å². The molecule has 1 heterocycles. The molecule has 5 rings (SSSR count). The number of carboxylic acid groups (broad SMARTS) is 1. The maximum atomic E-state index is 12.9. The summed E-state index contributed by atoms with van der Waals surface area (Å²) >= 11 is 0. The fraction of sp³-hybridized carbons (Fsp3) is 0.389. The van der Waals surface area contributed by atoms with Crippen molar-refractivity contribution in [3.8, 4) is 0 Å². The van der Waals surface area contributed by atoms with Gasteiger partial charge < -0.3 is 5.11 Å². The zero-order valence-electron chi connectivity index (χ0n) is 12.3. The van der Waals surface area contributed by atoms with Gasteiger partial charge in [-0.15, -0.1) is 0 Å². The van der Waals surface area contributed by atoms with E-state index in [2.05, 4.69) is 12.2 Å². The molecule has 1 spiro atoms. The smallest absolute Gasteiger partial charge is 0.335 e. The number of carbonyl (C=O) groups excluding carboxylic acids is 2. The van der Waals surface area contributed by atoms with E-state index in [-0.39, 0.29) is 46.5 Å². The molecule has 3 aliphatic carbocycles. The van der Waals surface area contributed by atoms with Gasteiger partial charge in [0.25, 0.3) is 0 Å². The van der Waals surface area contributed by atoms with Crippen LogP contribution in [0.5, 0.6) is 0 Å². The molecule has 1 N–H and O–H groups in total. The number of rotatable bonds is 2. The van der Waals surface area contributed by atoms with Crippen LogP contribution < -0.4 is 4.90 Å². The van der Waals surface area contributed by atoms with Crippen LogP contribution in [0.1, 0.15) is 23.2 Å². The number of fused-ring (bicyclic) bond motifs is 3. The van der Waals surface area contributed by atoms with E-state index in [1.54, 1.807) is 12.1 Å². The molecule has 5 nitrogen and oxygen atoms in total. The summed E-state index contributed by atoms with van der Waals surface area (Å²) in [6.45, 7) is 0. The summed E-state index contributed by atoms with van der Waals surface area (Å²) in [5.41, 5.74) is 0.633. The number of imide groups is 1. The summed E-state index contributed by atoms with van der Waals surface area (Å²) < 4.78 is 0. The van der Waals surface area contributed by atoms with Gasteiger partial charge >= 0.3 is 5.97 Å². The Morgan fingerprint density at radius 3 is 2.22 bits per heavy atom. The maximum Gasteiger partial charge on any atom is 0.335 e. The van der Waals surface area contributed by atoms with Crippen LogP contribution in [0.3, 0.4) is 0 Å². The van der Waals surface area contributed by atoms with Gasteiger partial charge in [-0.1, -0.05) is 18.2 Å². The molecule has 23 heavy (non-hydrogen) atoms. The molecule has 2 amide bonds. The lowest BCUT2D eigenvalue weighted by atomic mass is 9.85. The van der Waals surface area contributed by atoms with E-state index in [1.165, 1.54) is 17.0 Å². The highest BCUT2D eigenvalue weighted by molar-refractivity contribution is 6.23. The van der Waals surface area contributed by atoms with E-state index >= 15 is 0 Å². The number of hydrogen-bond acceptors (Lipinski definition) is 3. The van der Waals surface area contributed by atoms with Crippen LogP contribution in [0.25, 0.3) is 0 Å². The highest BCUT2D eigenvalue weighted by Gasteiger charge is 2.73. The zero-order valence-corrected chi connectivity index (χ0v) is 12.3. The molecule has 5 heteroatoms. The fourth-order valence-corrected chi connectivity index (χ4v) is 5.11. The number of carboxylic acids is 1. The number of allylic oxidation sites excluding steroid dienone is 2. The summed E-state index contributed by atoms with van der Waals surface area (Å²) in [5.74, 6) is -1.54. The summed E-state index contributed by atoms with van der Waals surface area (Å²) in [6, 6.07) is 6.07. The third kappa shape index (κ3) is 1.41. The second kappa shape index (κ2) is 3.91. The van der Waals surface area contributed by atoms with E-state index in [4.69, 9.17) is 5.11 Å². The van der Waals surface area contributed by atoms with Crippen molar-refractivity contribution < 1.29 is 19.5 Å². The Bertz CT molecular complexity index is 773. The molecule has 4 aliphatic rings. The maximum absolute atomic E-state index is 12.9. The minimum atomic E-state index is -1.06. The molecule has 0 aromatic heterocycles. The molecule has 1 saturated heterocycles. The molecule has 4 atom stereocenters. The van der Waals surface area contributed by atoms with E-state index in [0.29, 0.717) is 5.69 Å². The summed E-state index contributed by atoms with van der Waals surface area (Å²) in [5, 5.41) is 9.12. The van der Waals surface area contributed by atoms with Crippen LogP contribution in [0.15, 0.2) is 36.4 Å². The van der Waals surface area contributed by atoms with Gasteiger partial charge in [-0.25, -0.2) is 9.69 Å². The van der Waals surface area contributed by atoms with Crippen molar-refractivity contribution >= 4 is 23.5 Å². The van der Waals surface area contributed by atoms with Crippen molar-refractivity contribution in [2.75, 3.05) is 4.90 Å². The number of hydrogen-bond donors (Lipinski definition) is 1. The van der Waals surface area contributed by atoms with Crippen molar-refractivity contribution in [3.63, 3.8) is 0 Å². The third-order valence-electron chi connectivity index (χ3n) is 6.20. The summed E-state index contributed by atoms with van der Waals surface area (Å²) in [7, 11) is 0. The van der Waals surface area contributed by atoms with E-state index in [1.807, 2.05) is 0 Å². The predicted molar refractivity (Wildman–Crippen MR) is 80.7 cm³/mol. The molecule has 1 aromatic rings. The molecule has 2 saturated carbocycles. The lowest BCUT2D eigenvalue weighted by Crippen LogP contribution is -2.34. The SMILES string of the molecule is O=C(O)c1cccc(N2C(=O)[C@@H]3[C@@H](C2=O)[C@H]2C=C[C@H]3C23CC3)c1. The minimum absolute atomic E-state index is 0.0833. The molecule has 3 fully saturated rings. The third-order valence-corrected chi connectivity index (χ3v) is 6.20. The Kier molecular flexibility index (Phi) is 2.22. The van der Waals surface area contributed by atoms with Gasteiger partial charge in [-0.3, -0.25) is 9.59 Å². The number of carbonyl (C=O) groups is 3. The van der Waals surface area contributed by atoms with Crippen molar-refractivity contribution in [1.82, 2.24) is 0 Å². The first-order chi connectivity index (χ1) is 11.0. The first-order valence-electron chi connectivity index (χ1n) is 7.94. The van der Waals surface area contributed by atoms with Crippen molar-refractivity contribution in [1.29, 1.82) is 0 Å². The lowest BCUT2D eigenvalue weighted by molar-refractivity contribution is -0.123.